The molecule has 1 aliphatic heterocycles. The summed E-state index contributed by atoms with van der Waals surface area (Å²) in [5, 5.41) is 4.01. The molecule has 23 heavy (non-hydrogen) atoms. The summed E-state index contributed by atoms with van der Waals surface area (Å²) in [7, 11) is 0. The first-order chi connectivity index (χ1) is 11.2. The molecule has 1 aliphatic rings. The third-order valence-electron chi connectivity index (χ3n) is 3.46. The lowest BCUT2D eigenvalue weighted by Crippen LogP contribution is -2.31. The van der Waals surface area contributed by atoms with E-state index in [4.69, 9.17) is 4.74 Å². The molecule has 1 heterocycles. The lowest BCUT2D eigenvalue weighted by Gasteiger charge is -2.25. The van der Waals surface area contributed by atoms with Crippen LogP contribution in [0.3, 0.4) is 0 Å². The molecular weight excluding hydrogens is 308 g/mol. The molecule has 3 rings (SSSR count). The lowest BCUT2D eigenvalue weighted by molar-refractivity contribution is 0.0955. The van der Waals surface area contributed by atoms with E-state index in [1.54, 1.807) is 18.3 Å². The molecule has 5 heteroatoms. The molecule has 2 aromatic carbocycles. The molecule has 1 saturated heterocycles. The Kier molecular flexibility index (Phi) is 4.98. The zero-order valence-electron chi connectivity index (χ0n) is 12.9. The van der Waals surface area contributed by atoms with Crippen molar-refractivity contribution in [2.45, 2.75) is 13.0 Å². The number of thioether (sulfide) groups is 1. The predicted molar refractivity (Wildman–Crippen MR) is 94.4 cm³/mol. The Morgan fingerprint density at radius 2 is 2.04 bits per heavy atom. The number of ether oxygens (including phenoxy) is 1. The van der Waals surface area contributed by atoms with Gasteiger partial charge in [0.25, 0.3) is 5.91 Å². The van der Waals surface area contributed by atoms with Crippen molar-refractivity contribution in [2.24, 2.45) is 5.10 Å². The van der Waals surface area contributed by atoms with Crippen molar-refractivity contribution < 1.29 is 9.53 Å². The fourth-order valence-corrected chi connectivity index (χ4v) is 2.64. The second-order valence-electron chi connectivity index (χ2n) is 5.41. The number of hydrogen-bond acceptors (Lipinski definition) is 4. The van der Waals surface area contributed by atoms with Gasteiger partial charge >= 0.3 is 0 Å². The number of rotatable bonds is 5. The van der Waals surface area contributed by atoms with Gasteiger partial charge in [-0.15, -0.1) is 0 Å². The summed E-state index contributed by atoms with van der Waals surface area (Å²) in [6.07, 6.45) is 1.93. The highest BCUT2D eigenvalue weighted by Crippen LogP contribution is 2.24. The van der Waals surface area contributed by atoms with E-state index in [1.807, 2.05) is 55.1 Å². The van der Waals surface area contributed by atoms with Gasteiger partial charge in [-0.2, -0.15) is 16.9 Å². The van der Waals surface area contributed by atoms with E-state index in [9.17, 15) is 4.79 Å². The summed E-state index contributed by atoms with van der Waals surface area (Å²) >= 11 is 1.89. The van der Waals surface area contributed by atoms with E-state index in [0.717, 1.165) is 28.4 Å². The molecule has 0 aliphatic carbocycles. The molecule has 0 unspecified atom stereocenters. The van der Waals surface area contributed by atoms with E-state index in [0.29, 0.717) is 11.7 Å². The molecule has 4 nitrogen and oxygen atoms in total. The number of amides is 1. The van der Waals surface area contributed by atoms with Gasteiger partial charge in [-0.1, -0.05) is 29.8 Å². The number of nitrogens with one attached hydrogen (secondary N) is 1. The average molecular weight is 326 g/mol. The molecule has 0 saturated carbocycles. The second-order valence-corrected chi connectivity index (χ2v) is 6.49. The molecule has 1 fully saturated rings. The minimum absolute atomic E-state index is 0.222. The normalized spacial score (nSPS) is 14.5. The zero-order valence-corrected chi connectivity index (χ0v) is 13.7. The van der Waals surface area contributed by atoms with Crippen molar-refractivity contribution in [1.29, 1.82) is 0 Å². The summed E-state index contributed by atoms with van der Waals surface area (Å²) in [4.78, 5) is 12.0. The Morgan fingerprint density at radius 1 is 1.26 bits per heavy atom. The Balaban J connectivity index is 1.57. The summed E-state index contributed by atoms with van der Waals surface area (Å²) < 4.78 is 5.83. The van der Waals surface area contributed by atoms with Crippen LogP contribution in [0, 0.1) is 6.92 Å². The first-order valence-electron chi connectivity index (χ1n) is 7.45. The molecule has 0 atom stereocenters. The number of benzene rings is 2. The Labute approximate surface area is 139 Å². The van der Waals surface area contributed by atoms with Crippen molar-refractivity contribution in [3.63, 3.8) is 0 Å². The van der Waals surface area contributed by atoms with Gasteiger partial charge in [0.05, 0.1) is 6.21 Å². The molecule has 0 bridgehead atoms. The third kappa shape index (κ3) is 4.36. The number of hydrazone groups is 1. The Morgan fingerprint density at radius 3 is 2.74 bits per heavy atom. The monoisotopic (exact) mass is 326 g/mol. The zero-order chi connectivity index (χ0) is 16.1. The Hall–Kier alpha value is -2.27. The highest BCUT2D eigenvalue weighted by atomic mass is 32.2. The van der Waals surface area contributed by atoms with Gasteiger partial charge in [-0.3, -0.25) is 4.79 Å². The van der Waals surface area contributed by atoms with Crippen LogP contribution in [0.25, 0.3) is 0 Å². The van der Waals surface area contributed by atoms with Crippen LogP contribution in [0.1, 0.15) is 21.5 Å². The van der Waals surface area contributed by atoms with Crippen LogP contribution >= 0.6 is 11.8 Å². The quantitative estimate of drug-likeness (QED) is 0.678. The highest BCUT2D eigenvalue weighted by molar-refractivity contribution is 8.00. The molecule has 118 valence electrons. The van der Waals surface area contributed by atoms with E-state index < -0.39 is 0 Å². The van der Waals surface area contributed by atoms with Crippen LogP contribution in [-0.4, -0.2) is 29.7 Å². The van der Waals surface area contributed by atoms with E-state index in [-0.39, 0.29) is 5.91 Å². The number of carbonyl (C=O) groups is 1. The maximum atomic E-state index is 12.0. The topological polar surface area (TPSA) is 50.7 Å². The number of nitrogens with zero attached hydrogens (tertiary/aromatic N) is 1. The van der Waals surface area contributed by atoms with E-state index in [2.05, 4.69) is 10.5 Å². The first kappa shape index (κ1) is 15.6. The van der Waals surface area contributed by atoms with E-state index in [1.165, 1.54) is 0 Å². The molecule has 0 aromatic heterocycles. The summed E-state index contributed by atoms with van der Waals surface area (Å²) in [6, 6.07) is 15.1. The molecule has 1 amide bonds. The first-order valence-corrected chi connectivity index (χ1v) is 8.61. The van der Waals surface area contributed by atoms with Gasteiger partial charge in [0.1, 0.15) is 11.9 Å². The van der Waals surface area contributed by atoms with Gasteiger partial charge in [0, 0.05) is 17.1 Å². The number of carbonyl (C=O) groups excluding carboxylic acids is 1. The third-order valence-corrected chi connectivity index (χ3v) is 4.68. The summed E-state index contributed by atoms with van der Waals surface area (Å²) in [5.41, 5.74) is 5.13. The predicted octanol–water partition coefficient (Wildman–Crippen LogP) is 3.25. The minimum atomic E-state index is -0.222. The fourth-order valence-electron chi connectivity index (χ4n) is 2.08. The molecule has 1 N–H and O–H groups in total. The van der Waals surface area contributed by atoms with Gasteiger partial charge in [0.2, 0.25) is 0 Å². The average Bonchev–Trinajstić information content (AvgIpc) is 2.52. The van der Waals surface area contributed by atoms with Crippen LogP contribution in [0.2, 0.25) is 0 Å². The van der Waals surface area contributed by atoms with Gasteiger partial charge in [-0.05, 0) is 36.8 Å². The van der Waals surface area contributed by atoms with E-state index >= 15 is 0 Å². The van der Waals surface area contributed by atoms with Crippen LogP contribution in [0.4, 0.5) is 0 Å². The molecule has 0 spiro atoms. The van der Waals surface area contributed by atoms with Crippen LogP contribution in [0.15, 0.2) is 53.6 Å². The van der Waals surface area contributed by atoms with Crippen molar-refractivity contribution >= 4 is 23.9 Å². The molecular formula is C18H18N2O2S. The Bertz CT molecular complexity index is 709. The summed E-state index contributed by atoms with van der Waals surface area (Å²) in [5.74, 6) is 2.71. The van der Waals surface area contributed by atoms with Gasteiger partial charge in [0.15, 0.2) is 0 Å². The second kappa shape index (κ2) is 7.33. The van der Waals surface area contributed by atoms with Crippen molar-refractivity contribution in [2.75, 3.05) is 11.5 Å². The van der Waals surface area contributed by atoms with Crippen molar-refractivity contribution in [3.05, 3.63) is 65.2 Å². The van der Waals surface area contributed by atoms with Gasteiger partial charge < -0.3 is 4.74 Å². The fraction of sp³-hybridized carbons (Fsp3) is 0.222. The van der Waals surface area contributed by atoms with Crippen LogP contribution in [-0.2, 0) is 0 Å². The maximum Gasteiger partial charge on any atom is 0.271 e. The smallest absolute Gasteiger partial charge is 0.271 e. The van der Waals surface area contributed by atoms with Crippen molar-refractivity contribution in [1.82, 2.24) is 5.43 Å². The maximum absolute atomic E-state index is 12.0. The standard InChI is InChI=1S/C18H18N2O2S/c1-13-5-7-15(8-6-13)18(21)20-19-10-14-3-2-4-16(9-14)22-17-11-23-12-17/h2-10,17H,11-12H2,1H3,(H,20,21)/b19-10-. The largest absolute Gasteiger partial charge is 0.489 e. The SMILES string of the molecule is Cc1ccc(C(=O)N/N=C\c2cccc(OC3CSC3)c2)cc1. The number of hydrogen-bond donors (Lipinski definition) is 1. The molecule has 0 radical (unpaired) electrons. The van der Waals surface area contributed by atoms with Crippen molar-refractivity contribution in [3.8, 4) is 5.75 Å². The van der Waals surface area contributed by atoms with Crippen LogP contribution in [0.5, 0.6) is 5.75 Å². The highest BCUT2D eigenvalue weighted by Gasteiger charge is 2.19. The van der Waals surface area contributed by atoms with Gasteiger partial charge in [-0.25, -0.2) is 5.43 Å². The van der Waals surface area contributed by atoms with Crippen LogP contribution < -0.4 is 10.2 Å². The minimum Gasteiger partial charge on any atom is -0.489 e. The molecule has 2 aromatic rings. The number of aryl methyl sites for hydroxylation is 1. The summed E-state index contributed by atoms with van der Waals surface area (Å²) in [6.45, 7) is 1.98. The lowest BCUT2D eigenvalue weighted by atomic mass is 10.1.